The largest absolute Gasteiger partial charge is 0.412 e. The van der Waals surface area contributed by atoms with Gasteiger partial charge < -0.3 is 10.5 Å². The van der Waals surface area contributed by atoms with Crippen LogP contribution < -0.4 is 5.73 Å². The summed E-state index contributed by atoms with van der Waals surface area (Å²) in [5.74, 6) is -1.78. The summed E-state index contributed by atoms with van der Waals surface area (Å²) in [6.45, 7) is 0. The summed E-state index contributed by atoms with van der Waals surface area (Å²) in [5, 5.41) is 0. The molecule has 0 fully saturated rings. The molecule has 0 aliphatic rings. The molecule has 0 aromatic carbocycles. The number of hydrogen-bond acceptors (Lipinski definition) is 4. The maximum Gasteiger partial charge on any atom is 0.412 e. The molecule has 0 unspecified atom stereocenters. The standard InChI is InChI=1S/C5H6ClNO4/c6-2-3(8)1-4(9)11-5(7)10/h1-2H2,(H2,7,10). The zero-order valence-corrected chi connectivity index (χ0v) is 6.26. The summed E-state index contributed by atoms with van der Waals surface area (Å²) in [5.41, 5.74) is 4.48. The number of carbonyl (C=O) groups is 3. The van der Waals surface area contributed by atoms with Crippen molar-refractivity contribution in [1.82, 2.24) is 0 Å². The van der Waals surface area contributed by atoms with Gasteiger partial charge in [0.1, 0.15) is 6.42 Å². The van der Waals surface area contributed by atoms with Crippen molar-refractivity contribution >= 4 is 29.4 Å². The van der Waals surface area contributed by atoms with E-state index in [1.807, 2.05) is 0 Å². The average Bonchev–Trinajstić information content (AvgIpc) is 1.85. The Labute approximate surface area is 67.4 Å². The highest BCUT2D eigenvalue weighted by molar-refractivity contribution is 6.29. The van der Waals surface area contributed by atoms with Crippen molar-refractivity contribution in [2.75, 3.05) is 5.88 Å². The maximum atomic E-state index is 10.4. The normalized spacial score (nSPS) is 8.82. The molecule has 0 aliphatic carbocycles. The van der Waals surface area contributed by atoms with Crippen molar-refractivity contribution in [1.29, 1.82) is 0 Å². The lowest BCUT2D eigenvalue weighted by atomic mass is 10.3. The van der Waals surface area contributed by atoms with Crippen LogP contribution in [0, 0.1) is 0 Å². The van der Waals surface area contributed by atoms with E-state index in [1.54, 1.807) is 0 Å². The van der Waals surface area contributed by atoms with Crippen LogP contribution in [0.1, 0.15) is 6.42 Å². The Morgan fingerprint density at radius 1 is 1.36 bits per heavy atom. The minimum Gasteiger partial charge on any atom is -0.376 e. The molecule has 0 atom stereocenters. The third-order valence-corrected chi connectivity index (χ3v) is 1.00. The number of ether oxygens (including phenoxy) is 1. The Morgan fingerprint density at radius 3 is 2.27 bits per heavy atom. The summed E-state index contributed by atoms with van der Waals surface area (Å²) < 4.78 is 3.84. The maximum absolute atomic E-state index is 10.4. The van der Waals surface area contributed by atoms with Crippen LogP contribution in [0.25, 0.3) is 0 Å². The molecule has 0 heterocycles. The van der Waals surface area contributed by atoms with Gasteiger partial charge in [0, 0.05) is 0 Å². The fraction of sp³-hybridized carbons (Fsp3) is 0.400. The zero-order valence-electron chi connectivity index (χ0n) is 5.50. The second-order valence-electron chi connectivity index (χ2n) is 1.64. The van der Waals surface area contributed by atoms with Crippen molar-refractivity contribution in [3.63, 3.8) is 0 Å². The third kappa shape index (κ3) is 5.35. The summed E-state index contributed by atoms with van der Waals surface area (Å²) in [6, 6.07) is 0. The van der Waals surface area contributed by atoms with Crippen LogP contribution in [0.3, 0.4) is 0 Å². The molecular weight excluding hydrogens is 174 g/mol. The molecule has 2 N–H and O–H groups in total. The molecule has 0 saturated carbocycles. The summed E-state index contributed by atoms with van der Waals surface area (Å²) in [7, 11) is 0. The van der Waals surface area contributed by atoms with Crippen molar-refractivity contribution < 1.29 is 19.1 Å². The average molecular weight is 180 g/mol. The molecule has 6 heteroatoms. The van der Waals surface area contributed by atoms with E-state index in [0.29, 0.717) is 0 Å². The highest BCUT2D eigenvalue weighted by atomic mass is 35.5. The monoisotopic (exact) mass is 179 g/mol. The number of nitrogens with two attached hydrogens (primary N) is 1. The molecular formula is C5H6ClNO4. The van der Waals surface area contributed by atoms with Crippen LogP contribution in [-0.2, 0) is 14.3 Å². The van der Waals surface area contributed by atoms with Crippen LogP contribution in [0.2, 0.25) is 0 Å². The summed E-state index contributed by atoms with van der Waals surface area (Å²) >= 11 is 5.06. The fourth-order valence-corrected chi connectivity index (χ4v) is 0.451. The van der Waals surface area contributed by atoms with E-state index in [2.05, 4.69) is 10.5 Å². The SMILES string of the molecule is NC(=O)OC(=O)CC(=O)CCl. The van der Waals surface area contributed by atoms with Gasteiger partial charge in [-0.25, -0.2) is 4.79 Å². The predicted molar refractivity (Wildman–Crippen MR) is 36.0 cm³/mol. The Balaban J connectivity index is 3.70. The van der Waals surface area contributed by atoms with Gasteiger partial charge in [-0.2, -0.15) is 0 Å². The lowest BCUT2D eigenvalue weighted by Gasteiger charge is -1.95. The van der Waals surface area contributed by atoms with Gasteiger partial charge in [-0.05, 0) is 0 Å². The molecule has 0 aromatic heterocycles. The smallest absolute Gasteiger partial charge is 0.376 e. The summed E-state index contributed by atoms with van der Waals surface area (Å²) in [4.78, 5) is 30.8. The van der Waals surface area contributed by atoms with Gasteiger partial charge in [0.05, 0.1) is 5.88 Å². The highest BCUT2D eigenvalue weighted by Crippen LogP contribution is 1.90. The fourth-order valence-electron chi connectivity index (χ4n) is 0.357. The second kappa shape index (κ2) is 4.68. The Hall–Kier alpha value is -1.10. The molecule has 0 aromatic rings. The lowest BCUT2D eigenvalue weighted by Crippen LogP contribution is -2.20. The highest BCUT2D eigenvalue weighted by Gasteiger charge is 2.11. The Bertz CT molecular complexity index is 191. The molecule has 0 radical (unpaired) electrons. The van der Waals surface area contributed by atoms with Crippen LogP contribution in [-0.4, -0.2) is 23.7 Å². The van der Waals surface area contributed by atoms with Crippen LogP contribution in [0.15, 0.2) is 0 Å². The van der Waals surface area contributed by atoms with Gasteiger partial charge in [-0.1, -0.05) is 0 Å². The topological polar surface area (TPSA) is 86.5 Å². The molecule has 11 heavy (non-hydrogen) atoms. The first-order valence-corrected chi connectivity index (χ1v) is 3.17. The van der Waals surface area contributed by atoms with E-state index in [9.17, 15) is 14.4 Å². The first-order valence-electron chi connectivity index (χ1n) is 2.64. The molecule has 0 rings (SSSR count). The molecule has 0 bridgehead atoms. The van der Waals surface area contributed by atoms with E-state index in [4.69, 9.17) is 11.6 Å². The van der Waals surface area contributed by atoms with Gasteiger partial charge in [0.25, 0.3) is 0 Å². The molecule has 62 valence electrons. The van der Waals surface area contributed by atoms with Gasteiger partial charge in [-0.15, -0.1) is 11.6 Å². The number of primary amides is 1. The van der Waals surface area contributed by atoms with E-state index in [1.165, 1.54) is 0 Å². The van der Waals surface area contributed by atoms with Crippen LogP contribution in [0.4, 0.5) is 4.79 Å². The van der Waals surface area contributed by atoms with Gasteiger partial charge in [-0.3, -0.25) is 9.59 Å². The first-order chi connectivity index (χ1) is 5.06. The van der Waals surface area contributed by atoms with Gasteiger partial charge >= 0.3 is 12.1 Å². The number of ketones is 1. The van der Waals surface area contributed by atoms with Crippen LogP contribution >= 0.6 is 11.6 Å². The molecule has 0 saturated heterocycles. The predicted octanol–water partition coefficient (Wildman–Crippen LogP) is -0.194. The third-order valence-electron chi connectivity index (χ3n) is 0.705. The molecule has 1 amide bonds. The molecule has 0 spiro atoms. The van der Waals surface area contributed by atoms with Gasteiger partial charge in [0.15, 0.2) is 5.78 Å². The number of alkyl halides is 1. The van der Waals surface area contributed by atoms with Crippen molar-refractivity contribution in [3.8, 4) is 0 Å². The number of halogens is 1. The number of Topliss-reactive ketones (excluding diaryl/α,β-unsaturated/α-hetero) is 1. The first kappa shape index (κ1) is 9.90. The molecule has 5 nitrogen and oxygen atoms in total. The van der Waals surface area contributed by atoms with E-state index in [-0.39, 0.29) is 5.88 Å². The van der Waals surface area contributed by atoms with Crippen molar-refractivity contribution in [2.24, 2.45) is 5.73 Å². The van der Waals surface area contributed by atoms with E-state index in [0.717, 1.165) is 0 Å². The Morgan fingerprint density at radius 2 is 1.91 bits per heavy atom. The number of amides is 1. The number of carbonyl (C=O) groups excluding carboxylic acids is 3. The van der Waals surface area contributed by atoms with E-state index < -0.39 is 24.3 Å². The Kier molecular flexibility index (Phi) is 4.21. The van der Waals surface area contributed by atoms with E-state index >= 15 is 0 Å². The zero-order chi connectivity index (χ0) is 8.85. The minimum atomic E-state index is -1.22. The number of hydrogen-bond donors (Lipinski definition) is 1. The number of esters is 1. The second-order valence-corrected chi connectivity index (χ2v) is 1.91. The van der Waals surface area contributed by atoms with Gasteiger partial charge in [0.2, 0.25) is 0 Å². The summed E-state index contributed by atoms with van der Waals surface area (Å²) in [6.07, 6.45) is -1.75. The van der Waals surface area contributed by atoms with Crippen molar-refractivity contribution in [2.45, 2.75) is 6.42 Å². The van der Waals surface area contributed by atoms with Crippen LogP contribution in [0.5, 0.6) is 0 Å². The lowest BCUT2D eigenvalue weighted by molar-refractivity contribution is -0.139. The minimum absolute atomic E-state index is 0.284. The van der Waals surface area contributed by atoms with Crippen molar-refractivity contribution in [3.05, 3.63) is 0 Å². The molecule has 0 aliphatic heterocycles. The number of rotatable bonds is 3. The quantitative estimate of drug-likeness (QED) is 0.370.